The smallest absolute Gasteiger partial charge is 0.234 e. The van der Waals surface area contributed by atoms with Crippen LogP contribution in [0.4, 0.5) is 11.4 Å². The zero-order chi connectivity index (χ0) is 24.0. The summed E-state index contributed by atoms with van der Waals surface area (Å²) in [4.78, 5) is 12.8. The fourth-order valence-electron chi connectivity index (χ4n) is 3.78. The van der Waals surface area contributed by atoms with Crippen molar-refractivity contribution >= 4 is 51.4 Å². The van der Waals surface area contributed by atoms with E-state index >= 15 is 0 Å². The van der Waals surface area contributed by atoms with E-state index in [0.29, 0.717) is 16.7 Å². The maximum Gasteiger partial charge on any atom is 0.234 e. The Hall–Kier alpha value is -3.81. The summed E-state index contributed by atoms with van der Waals surface area (Å²) in [5.41, 5.74) is 2.62. The van der Waals surface area contributed by atoms with Crippen molar-refractivity contribution < 1.29 is 4.79 Å². The van der Waals surface area contributed by atoms with Crippen LogP contribution in [0.2, 0.25) is 5.02 Å². The monoisotopic (exact) mass is 499 g/mol. The first kappa shape index (κ1) is 23.0. The number of aromatic nitrogens is 3. The fraction of sp³-hybridized carbons (Fsp3) is 0.0741. The SMILES string of the molecule is O=C(CSc1nnc(CNc2cccc(Cl)c2)n1-c1ccccc1)Nc1cccc2ccccc12. The quantitative estimate of drug-likeness (QED) is 0.241. The van der Waals surface area contributed by atoms with Crippen LogP contribution in [0.3, 0.4) is 0 Å². The lowest BCUT2D eigenvalue weighted by molar-refractivity contribution is -0.113. The van der Waals surface area contributed by atoms with Gasteiger partial charge in [-0.2, -0.15) is 0 Å². The number of rotatable bonds is 8. The predicted octanol–water partition coefficient (Wildman–Crippen LogP) is 6.42. The number of carbonyl (C=O) groups is 1. The Kier molecular flexibility index (Phi) is 6.97. The second-order valence-electron chi connectivity index (χ2n) is 7.80. The van der Waals surface area contributed by atoms with Crippen molar-refractivity contribution in [3.05, 3.63) is 108 Å². The van der Waals surface area contributed by atoms with E-state index < -0.39 is 0 Å². The minimum Gasteiger partial charge on any atom is -0.378 e. The van der Waals surface area contributed by atoms with E-state index in [9.17, 15) is 4.79 Å². The zero-order valence-electron chi connectivity index (χ0n) is 18.7. The Labute approximate surface area is 212 Å². The summed E-state index contributed by atoms with van der Waals surface area (Å²) < 4.78 is 1.97. The summed E-state index contributed by atoms with van der Waals surface area (Å²) in [6, 6.07) is 31.3. The molecule has 4 aromatic carbocycles. The number of hydrogen-bond acceptors (Lipinski definition) is 5. The number of benzene rings is 4. The molecule has 1 aromatic heterocycles. The van der Waals surface area contributed by atoms with Gasteiger partial charge < -0.3 is 10.6 Å². The van der Waals surface area contributed by atoms with E-state index in [1.807, 2.05) is 102 Å². The van der Waals surface area contributed by atoms with Gasteiger partial charge in [0.25, 0.3) is 0 Å². The van der Waals surface area contributed by atoms with Crippen LogP contribution in [0.25, 0.3) is 16.5 Å². The number of halogens is 1. The van der Waals surface area contributed by atoms with E-state index in [-0.39, 0.29) is 11.7 Å². The molecule has 0 unspecified atom stereocenters. The Morgan fingerprint density at radius 2 is 1.66 bits per heavy atom. The molecule has 1 heterocycles. The summed E-state index contributed by atoms with van der Waals surface area (Å²) in [7, 11) is 0. The Bertz CT molecular complexity index is 1470. The normalized spacial score (nSPS) is 10.9. The van der Waals surface area contributed by atoms with Crippen molar-refractivity contribution in [2.24, 2.45) is 0 Å². The van der Waals surface area contributed by atoms with Crippen LogP contribution >= 0.6 is 23.4 Å². The van der Waals surface area contributed by atoms with E-state index in [0.717, 1.165) is 33.7 Å². The molecule has 0 aliphatic rings. The molecule has 5 aromatic rings. The number of nitrogens with zero attached hydrogens (tertiary/aromatic N) is 3. The molecule has 0 spiro atoms. The molecule has 0 radical (unpaired) electrons. The molecule has 5 rings (SSSR count). The Balaban J connectivity index is 1.33. The molecule has 0 bridgehead atoms. The minimum absolute atomic E-state index is 0.104. The van der Waals surface area contributed by atoms with Gasteiger partial charge in [-0.3, -0.25) is 9.36 Å². The van der Waals surface area contributed by atoms with Gasteiger partial charge in [0.15, 0.2) is 11.0 Å². The Morgan fingerprint density at radius 3 is 2.51 bits per heavy atom. The molecule has 35 heavy (non-hydrogen) atoms. The summed E-state index contributed by atoms with van der Waals surface area (Å²) in [5.74, 6) is 0.830. The molecule has 1 amide bonds. The van der Waals surface area contributed by atoms with E-state index in [1.165, 1.54) is 11.8 Å². The minimum atomic E-state index is -0.104. The van der Waals surface area contributed by atoms with E-state index in [1.54, 1.807) is 0 Å². The Morgan fingerprint density at radius 1 is 0.886 bits per heavy atom. The number of hydrogen-bond donors (Lipinski definition) is 2. The lowest BCUT2D eigenvalue weighted by Crippen LogP contribution is -2.15. The van der Waals surface area contributed by atoms with Crippen molar-refractivity contribution in [1.82, 2.24) is 14.8 Å². The molecular weight excluding hydrogens is 478 g/mol. The molecule has 174 valence electrons. The highest BCUT2D eigenvalue weighted by molar-refractivity contribution is 7.99. The standard InChI is InChI=1S/C27H22ClN5OS/c28-20-10-7-11-21(16-20)29-17-25-31-32-27(33(25)22-12-2-1-3-13-22)35-18-26(34)30-24-15-6-9-19-8-4-5-14-23(19)24/h1-16,29H,17-18H2,(H,30,34). The maximum atomic E-state index is 12.8. The van der Waals surface area contributed by atoms with Crippen LogP contribution in [0, 0.1) is 0 Å². The molecule has 0 saturated heterocycles. The summed E-state index contributed by atoms with van der Waals surface area (Å²) >= 11 is 7.45. The molecule has 2 N–H and O–H groups in total. The molecule has 8 heteroatoms. The van der Waals surface area contributed by atoms with E-state index in [4.69, 9.17) is 11.6 Å². The second-order valence-corrected chi connectivity index (χ2v) is 9.18. The zero-order valence-corrected chi connectivity index (χ0v) is 20.3. The first-order valence-electron chi connectivity index (χ1n) is 11.1. The first-order chi connectivity index (χ1) is 17.2. The largest absolute Gasteiger partial charge is 0.378 e. The molecule has 0 atom stereocenters. The third-order valence-electron chi connectivity index (χ3n) is 5.39. The number of fused-ring (bicyclic) bond motifs is 1. The number of carbonyl (C=O) groups excluding carboxylic acids is 1. The van der Waals surface area contributed by atoms with Gasteiger partial charge in [-0.25, -0.2) is 0 Å². The van der Waals surface area contributed by atoms with Crippen molar-refractivity contribution in [3.8, 4) is 5.69 Å². The number of amides is 1. The average molecular weight is 500 g/mol. The van der Waals surface area contributed by atoms with Crippen LogP contribution in [0.1, 0.15) is 5.82 Å². The number of para-hydroxylation sites is 1. The molecule has 0 aliphatic carbocycles. The number of nitrogens with one attached hydrogen (secondary N) is 2. The van der Waals surface area contributed by atoms with Gasteiger partial charge >= 0.3 is 0 Å². The third-order valence-corrected chi connectivity index (χ3v) is 6.55. The molecule has 0 saturated carbocycles. The molecule has 0 aliphatic heterocycles. The molecule has 6 nitrogen and oxygen atoms in total. The van der Waals surface area contributed by atoms with Gasteiger partial charge in [0.1, 0.15) is 0 Å². The highest BCUT2D eigenvalue weighted by Gasteiger charge is 2.16. The van der Waals surface area contributed by atoms with Crippen molar-refractivity contribution in [2.45, 2.75) is 11.7 Å². The lowest BCUT2D eigenvalue weighted by atomic mass is 10.1. The summed E-state index contributed by atoms with van der Waals surface area (Å²) in [6.07, 6.45) is 0. The highest BCUT2D eigenvalue weighted by atomic mass is 35.5. The fourth-order valence-corrected chi connectivity index (χ4v) is 4.74. The second kappa shape index (κ2) is 10.6. The van der Waals surface area contributed by atoms with Gasteiger partial charge in [-0.15, -0.1) is 10.2 Å². The summed E-state index contributed by atoms with van der Waals surface area (Å²) in [6.45, 7) is 0.449. The van der Waals surface area contributed by atoms with Gasteiger partial charge in [-0.1, -0.05) is 84.0 Å². The maximum absolute atomic E-state index is 12.8. The van der Waals surface area contributed by atoms with Crippen LogP contribution < -0.4 is 10.6 Å². The number of anilines is 2. The number of thioether (sulfide) groups is 1. The van der Waals surface area contributed by atoms with Crippen LogP contribution in [0.15, 0.2) is 102 Å². The predicted molar refractivity (Wildman–Crippen MR) is 143 cm³/mol. The van der Waals surface area contributed by atoms with Crippen molar-refractivity contribution in [2.75, 3.05) is 16.4 Å². The topological polar surface area (TPSA) is 71.8 Å². The average Bonchev–Trinajstić information content (AvgIpc) is 3.30. The van der Waals surface area contributed by atoms with Crippen molar-refractivity contribution in [3.63, 3.8) is 0 Å². The van der Waals surface area contributed by atoms with Crippen LogP contribution in [0.5, 0.6) is 0 Å². The highest BCUT2D eigenvalue weighted by Crippen LogP contribution is 2.26. The van der Waals surface area contributed by atoms with Gasteiger partial charge in [0.2, 0.25) is 5.91 Å². The van der Waals surface area contributed by atoms with Crippen LogP contribution in [-0.4, -0.2) is 26.4 Å². The van der Waals surface area contributed by atoms with E-state index in [2.05, 4.69) is 20.8 Å². The van der Waals surface area contributed by atoms with Gasteiger partial charge in [0.05, 0.1) is 12.3 Å². The first-order valence-corrected chi connectivity index (χ1v) is 12.4. The van der Waals surface area contributed by atoms with Gasteiger partial charge in [-0.05, 0) is 41.8 Å². The third kappa shape index (κ3) is 5.48. The molecule has 0 fully saturated rings. The van der Waals surface area contributed by atoms with Crippen LogP contribution in [-0.2, 0) is 11.3 Å². The van der Waals surface area contributed by atoms with Gasteiger partial charge in [0, 0.05) is 27.5 Å². The summed E-state index contributed by atoms with van der Waals surface area (Å²) in [5, 5.41) is 18.6. The van der Waals surface area contributed by atoms with Crippen molar-refractivity contribution in [1.29, 1.82) is 0 Å². The molecular formula is C27H22ClN5OS. The lowest BCUT2D eigenvalue weighted by Gasteiger charge is -2.12.